The average molecular weight is 297 g/mol. The molecule has 1 aromatic carbocycles. The van der Waals surface area contributed by atoms with Crippen LogP contribution >= 0.6 is 0 Å². The van der Waals surface area contributed by atoms with Crippen molar-refractivity contribution in [3.8, 4) is 0 Å². The van der Waals surface area contributed by atoms with Crippen molar-refractivity contribution in [2.75, 3.05) is 26.0 Å². The summed E-state index contributed by atoms with van der Waals surface area (Å²) in [4.78, 5) is 13.2. The van der Waals surface area contributed by atoms with Gasteiger partial charge in [0.2, 0.25) is 15.9 Å². The van der Waals surface area contributed by atoms with Crippen molar-refractivity contribution in [2.24, 2.45) is 0 Å². The van der Waals surface area contributed by atoms with Crippen LogP contribution in [0.25, 0.3) is 0 Å². The number of likely N-dealkylation sites (N-methyl/N-ethyl adjacent to an activating group) is 1. The van der Waals surface area contributed by atoms with Gasteiger partial charge < -0.3 is 10.2 Å². The third-order valence-corrected chi connectivity index (χ3v) is 4.54. The quantitative estimate of drug-likeness (QED) is 0.807. The normalized spacial score (nSPS) is 14.9. The number of nitrogens with zero attached hydrogens (tertiary/aromatic N) is 1. The van der Waals surface area contributed by atoms with E-state index in [-0.39, 0.29) is 23.4 Å². The Morgan fingerprint density at radius 2 is 1.85 bits per heavy atom. The maximum atomic E-state index is 12.0. The summed E-state index contributed by atoms with van der Waals surface area (Å²) in [5.41, 5.74) is 0.713. The molecular formula is C13H19N3O3S. The van der Waals surface area contributed by atoms with Gasteiger partial charge in [-0.15, -0.1) is 0 Å². The Bertz CT molecular complexity index is 577. The lowest BCUT2D eigenvalue weighted by Crippen LogP contribution is -2.28. The first-order valence-corrected chi connectivity index (χ1v) is 7.93. The third kappa shape index (κ3) is 3.94. The molecule has 0 unspecified atom stereocenters. The largest absolute Gasteiger partial charge is 0.376 e. The van der Waals surface area contributed by atoms with Crippen molar-refractivity contribution < 1.29 is 13.2 Å². The summed E-state index contributed by atoms with van der Waals surface area (Å²) in [7, 11) is -0.0439. The Morgan fingerprint density at radius 3 is 2.35 bits per heavy atom. The number of nitrogens with one attached hydrogen (secondary N) is 2. The van der Waals surface area contributed by atoms with E-state index in [4.69, 9.17) is 0 Å². The molecule has 0 aromatic heterocycles. The van der Waals surface area contributed by atoms with Gasteiger partial charge >= 0.3 is 0 Å². The SMILES string of the molecule is CN(C)C(=O)CNc1ccc(S(=O)(=O)NC2CC2)cc1. The zero-order chi connectivity index (χ0) is 14.8. The molecule has 1 saturated carbocycles. The van der Waals surface area contributed by atoms with Gasteiger partial charge in [0.05, 0.1) is 11.4 Å². The monoisotopic (exact) mass is 297 g/mol. The molecule has 0 atom stereocenters. The number of rotatable bonds is 6. The molecule has 0 spiro atoms. The molecule has 20 heavy (non-hydrogen) atoms. The second-order valence-corrected chi connectivity index (χ2v) is 6.78. The highest BCUT2D eigenvalue weighted by atomic mass is 32.2. The fourth-order valence-corrected chi connectivity index (χ4v) is 2.88. The predicted octanol–water partition coefficient (Wildman–Crippen LogP) is 0.627. The first-order chi connectivity index (χ1) is 9.38. The van der Waals surface area contributed by atoms with E-state index in [0.29, 0.717) is 5.69 Å². The molecule has 0 heterocycles. The van der Waals surface area contributed by atoms with Crippen LogP contribution in [0, 0.1) is 0 Å². The van der Waals surface area contributed by atoms with Gasteiger partial charge in [0.15, 0.2) is 0 Å². The van der Waals surface area contributed by atoms with Gasteiger partial charge in [-0.1, -0.05) is 0 Å². The van der Waals surface area contributed by atoms with E-state index in [2.05, 4.69) is 10.0 Å². The lowest BCUT2D eigenvalue weighted by molar-refractivity contribution is -0.126. The number of hydrogen-bond donors (Lipinski definition) is 2. The molecule has 2 rings (SSSR count). The number of benzene rings is 1. The average Bonchev–Trinajstić information content (AvgIpc) is 3.19. The Hall–Kier alpha value is -1.60. The Balaban J connectivity index is 1.97. The predicted molar refractivity (Wildman–Crippen MR) is 77.0 cm³/mol. The van der Waals surface area contributed by atoms with Crippen molar-refractivity contribution in [2.45, 2.75) is 23.8 Å². The Morgan fingerprint density at radius 1 is 1.25 bits per heavy atom. The van der Waals surface area contributed by atoms with Crippen molar-refractivity contribution in [3.05, 3.63) is 24.3 Å². The second kappa shape index (κ2) is 5.80. The van der Waals surface area contributed by atoms with Gasteiger partial charge in [-0.25, -0.2) is 13.1 Å². The van der Waals surface area contributed by atoms with E-state index in [1.807, 2.05) is 0 Å². The van der Waals surface area contributed by atoms with Crippen molar-refractivity contribution in [1.82, 2.24) is 9.62 Å². The van der Waals surface area contributed by atoms with Crippen LogP contribution in [0.3, 0.4) is 0 Å². The van der Waals surface area contributed by atoms with Gasteiger partial charge in [-0.2, -0.15) is 0 Å². The molecule has 1 fully saturated rings. The molecular weight excluding hydrogens is 278 g/mol. The molecule has 1 aliphatic rings. The summed E-state index contributed by atoms with van der Waals surface area (Å²) < 4.78 is 26.5. The van der Waals surface area contributed by atoms with E-state index in [0.717, 1.165) is 12.8 Å². The maximum Gasteiger partial charge on any atom is 0.241 e. The van der Waals surface area contributed by atoms with Crippen LogP contribution in [-0.2, 0) is 14.8 Å². The molecule has 110 valence electrons. The first kappa shape index (κ1) is 14.8. The highest BCUT2D eigenvalue weighted by Crippen LogP contribution is 2.22. The van der Waals surface area contributed by atoms with Gasteiger partial charge in [0.25, 0.3) is 0 Å². The number of carbonyl (C=O) groups is 1. The third-order valence-electron chi connectivity index (χ3n) is 3.01. The fraction of sp³-hybridized carbons (Fsp3) is 0.462. The summed E-state index contributed by atoms with van der Waals surface area (Å²) >= 11 is 0. The molecule has 0 saturated heterocycles. The van der Waals surface area contributed by atoms with Crippen LogP contribution in [0.2, 0.25) is 0 Å². The number of hydrogen-bond acceptors (Lipinski definition) is 4. The molecule has 1 amide bonds. The standard InChI is InChI=1S/C13H19N3O3S/c1-16(2)13(17)9-14-10-5-7-12(8-6-10)20(18,19)15-11-3-4-11/h5-8,11,14-15H,3-4,9H2,1-2H3. The van der Waals surface area contributed by atoms with Crippen LogP contribution in [0.15, 0.2) is 29.2 Å². The van der Waals surface area contributed by atoms with E-state index in [1.165, 1.54) is 17.0 Å². The molecule has 6 nitrogen and oxygen atoms in total. The van der Waals surface area contributed by atoms with Crippen LogP contribution in [0.4, 0.5) is 5.69 Å². The first-order valence-electron chi connectivity index (χ1n) is 6.45. The molecule has 2 N–H and O–H groups in total. The second-order valence-electron chi connectivity index (χ2n) is 5.06. The van der Waals surface area contributed by atoms with Crippen molar-refractivity contribution in [3.63, 3.8) is 0 Å². The minimum atomic E-state index is -3.41. The minimum Gasteiger partial charge on any atom is -0.376 e. The molecule has 1 aromatic rings. The summed E-state index contributed by atoms with van der Waals surface area (Å²) in [6.07, 6.45) is 1.82. The van der Waals surface area contributed by atoms with Crippen molar-refractivity contribution >= 4 is 21.6 Å². The number of sulfonamides is 1. The molecule has 0 aliphatic heterocycles. The van der Waals surface area contributed by atoms with Crippen LogP contribution in [0.5, 0.6) is 0 Å². The number of amides is 1. The van der Waals surface area contributed by atoms with Crippen LogP contribution < -0.4 is 10.0 Å². The van der Waals surface area contributed by atoms with Crippen molar-refractivity contribution in [1.29, 1.82) is 0 Å². The summed E-state index contributed by atoms with van der Waals surface area (Å²) in [6, 6.07) is 6.48. The topological polar surface area (TPSA) is 78.5 Å². The lowest BCUT2D eigenvalue weighted by atomic mass is 10.3. The van der Waals surface area contributed by atoms with E-state index in [9.17, 15) is 13.2 Å². The zero-order valence-corrected chi connectivity index (χ0v) is 12.4. The van der Waals surface area contributed by atoms with Crippen LogP contribution in [0.1, 0.15) is 12.8 Å². The molecule has 1 aliphatic carbocycles. The number of anilines is 1. The zero-order valence-electron chi connectivity index (χ0n) is 11.6. The fourth-order valence-electron chi connectivity index (χ4n) is 1.58. The van der Waals surface area contributed by atoms with Gasteiger partial charge in [-0.3, -0.25) is 4.79 Å². The maximum absolute atomic E-state index is 12.0. The summed E-state index contributed by atoms with van der Waals surface area (Å²) in [5.74, 6) is -0.0444. The van der Waals surface area contributed by atoms with Gasteiger partial charge in [0.1, 0.15) is 0 Å². The van der Waals surface area contributed by atoms with E-state index in [1.54, 1.807) is 26.2 Å². The Kier molecular flexibility index (Phi) is 4.29. The summed E-state index contributed by atoms with van der Waals surface area (Å²) in [5, 5.41) is 2.95. The Labute approximate surface area is 119 Å². The number of carbonyl (C=O) groups excluding carboxylic acids is 1. The molecule has 7 heteroatoms. The van der Waals surface area contributed by atoms with E-state index < -0.39 is 10.0 Å². The van der Waals surface area contributed by atoms with Gasteiger partial charge in [-0.05, 0) is 37.1 Å². The highest BCUT2D eigenvalue weighted by molar-refractivity contribution is 7.89. The lowest BCUT2D eigenvalue weighted by Gasteiger charge is -2.12. The summed E-state index contributed by atoms with van der Waals surface area (Å²) in [6.45, 7) is 0.180. The molecule has 0 radical (unpaired) electrons. The highest BCUT2D eigenvalue weighted by Gasteiger charge is 2.27. The van der Waals surface area contributed by atoms with E-state index >= 15 is 0 Å². The van der Waals surface area contributed by atoms with Gasteiger partial charge in [0, 0.05) is 25.8 Å². The smallest absolute Gasteiger partial charge is 0.241 e. The minimum absolute atomic E-state index is 0.0444. The van der Waals surface area contributed by atoms with Crippen LogP contribution in [-0.4, -0.2) is 45.9 Å². The molecule has 0 bridgehead atoms.